The van der Waals surface area contributed by atoms with E-state index in [0.717, 1.165) is 10.7 Å². The van der Waals surface area contributed by atoms with Gasteiger partial charge in [-0.15, -0.1) is 0 Å². The van der Waals surface area contributed by atoms with E-state index in [4.69, 9.17) is 15.5 Å². The van der Waals surface area contributed by atoms with E-state index in [1.54, 1.807) is 14.0 Å². The molecule has 0 saturated carbocycles. The predicted octanol–water partition coefficient (Wildman–Crippen LogP) is -0.402. The molecule has 2 aliphatic rings. The Kier molecular flexibility index (Phi) is 3.74. The Hall–Kier alpha value is -0.600. The molecule has 6 nitrogen and oxygen atoms in total. The van der Waals surface area contributed by atoms with Crippen molar-refractivity contribution >= 4 is 16.9 Å². The van der Waals surface area contributed by atoms with E-state index in [1.807, 2.05) is 0 Å². The van der Waals surface area contributed by atoms with Crippen LogP contribution in [0.1, 0.15) is 6.92 Å². The topological polar surface area (TPSA) is 89.1 Å². The number of aliphatic imine (C=N–C) groups is 1. The second kappa shape index (κ2) is 4.95. The number of nitrogens with zero attached hydrogens (tertiary/aromatic N) is 1. The van der Waals surface area contributed by atoms with Crippen molar-refractivity contribution in [3.63, 3.8) is 0 Å². The highest BCUT2D eigenvalue weighted by Gasteiger charge is 2.49. The quantitative estimate of drug-likeness (QED) is 0.462. The third kappa shape index (κ3) is 2.21. The Morgan fingerprint density at radius 3 is 2.94 bits per heavy atom. The molecule has 0 unspecified atom stereocenters. The maximum absolute atomic E-state index is 10.1. The maximum Gasteiger partial charge on any atom is 0.159 e. The first-order valence-corrected chi connectivity index (χ1v) is 6.23. The van der Waals surface area contributed by atoms with Gasteiger partial charge in [-0.05, 0) is 12.5 Å². The van der Waals surface area contributed by atoms with Crippen LogP contribution in [0.3, 0.4) is 0 Å². The van der Waals surface area contributed by atoms with Crippen molar-refractivity contribution in [1.82, 2.24) is 5.32 Å². The van der Waals surface area contributed by atoms with Crippen molar-refractivity contribution in [3.8, 4) is 0 Å². The SMILES string of the molecule is C=C(C)[C@H]1O[C@@H]2SC(NC)=N[C@@H]2[C@@H](ON)[C@@H]1O. The third-order valence-corrected chi connectivity index (χ3v) is 4.05. The van der Waals surface area contributed by atoms with Crippen molar-refractivity contribution < 1.29 is 14.7 Å². The zero-order valence-electron chi connectivity index (χ0n) is 9.79. The van der Waals surface area contributed by atoms with E-state index < -0.39 is 18.3 Å². The van der Waals surface area contributed by atoms with Gasteiger partial charge in [-0.3, -0.25) is 9.83 Å². The van der Waals surface area contributed by atoms with E-state index in [0.29, 0.717) is 0 Å². The van der Waals surface area contributed by atoms with Crippen LogP contribution in [0.15, 0.2) is 17.1 Å². The molecule has 17 heavy (non-hydrogen) atoms. The Balaban J connectivity index is 2.21. The lowest BCUT2D eigenvalue weighted by molar-refractivity contribution is -0.160. The van der Waals surface area contributed by atoms with Crippen molar-refractivity contribution in [2.24, 2.45) is 10.9 Å². The molecule has 0 aromatic heterocycles. The average Bonchev–Trinajstić information content (AvgIpc) is 2.70. The third-order valence-electron chi connectivity index (χ3n) is 2.89. The van der Waals surface area contributed by atoms with Crippen LogP contribution in [0.4, 0.5) is 0 Å². The molecule has 1 saturated heterocycles. The summed E-state index contributed by atoms with van der Waals surface area (Å²) in [5, 5.41) is 13.8. The summed E-state index contributed by atoms with van der Waals surface area (Å²) in [6, 6.07) is -0.293. The molecule has 5 atom stereocenters. The zero-order valence-corrected chi connectivity index (χ0v) is 10.6. The minimum atomic E-state index is -0.848. The average molecular weight is 259 g/mol. The molecule has 0 aromatic rings. The van der Waals surface area contributed by atoms with Gasteiger partial charge in [-0.25, -0.2) is 5.90 Å². The van der Waals surface area contributed by atoms with E-state index in [2.05, 4.69) is 16.9 Å². The number of amidine groups is 1. The lowest BCUT2D eigenvalue weighted by Crippen LogP contribution is -2.56. The van der Waals surface area contributed by atoms with Crippen molar-refractivity contribution in [3.05, 3.63) is 12.2 Å². The number of rotatable bonds is 2. The maximum atomic E-state index is 10.1. The van der Waals surface area contributed by atoms with Gasteiger partial charge in [0.15, 0.2) is 5.17 Å². The van der Waals surface area contributed by atoms with Crippen molar-refractivity contribution in [2.75, 3.05) is 7.05 Å². The van der Waals surface area contributed by atoms with Crippen LogP contribution >= 0.6 is 11.8 Å². The highest BCUT2D eigenvalue weighted by molar-refractivity contribution is 8.14. The molecule has 2 rings (SSSR count). The van der Waals surface area contributed by atoms with Gasteiger partial charge in [0.05, 0.1) is 0 Å². The number of aliphatic hydroxyl groups is 1. The first-order valence-electron chi connectivity index (χ1n) is 5.35. The summed E-state index contributed by atoms with van der Waals surface area (Å²) in [6.07, 6.45) is -1.89. The van der Waals surface area contributed by atoms with Gasteiger partial charge in [0.2, 0.25) is 0 Å². The largest absolute Gasteiger partial charge is 0.387 e. The van der Waals surface area contributed by atoms with Crippen LogP contribution in [-0.2, 0) is 9.57 Å². The minimum Gasteiger partial charge on any atom is -0.387 e. The zero-order chi connectivity index (χ0) is 12.6. The minimum absolute atomic E-state index is 0.198. The Labute approximate surface area is 104 Å². The molecule has 0 radical (unpaired) electrons. The molecular weight excluding hydrogens is 242 g/mol. The monoisotopic (exact) mass is 259 g/mol. The molecule has 7 heteroatoms. The van der Waals surface area contributed by atoms with Crippen LogP contribution in [0.25, 0.3) is 0 Å². The fraction of sp³-hybridized carbons (Fsp3) is 0.700. The Bertz CT molecular complexity index is 350. The van der Waals surface area contributed by atoms with Gasteiger partial charge < -0.3 is 15.2 Å². The van der Waals surface area contributed by atoms with E-state index in [-0.39, 0.29) is 11.5 Å². The summed E-state index contributed by atoms with van der Waals surface area (Å²) in [6.45, 7) is 5.61. The molecule has 1 fully saturated rings. The molecule has 4 N–H and O–H groups in total. The van der Waals surface area contributed by atoms with Gasteiger partial charge in [0.1, 0.15) is 29.8 Å². The van der Waals surface area contributed by atoms with Gasteiger partial charge in [-0.2, -0.15) is 0 Å². The summed E-state index contributed by atoms with van der Waals surface area (Å²) in [7, 11) is 1.79. The summed E-state index contributed by atoms with van der Waals surface area (Å²) < 4.78 is 5.77. The number of ether oxygens (including phenoxy) is 1. The number of thioether (sulfide) groups is 1. The van der Waals surface area contributed by atoms with Gasteiger partial charge >= 0.3 is 0 Å². The number of aliphatic hydroxyl groups excluding tert-OH is 1. The number of hydrogen-bond acceptors (Lipinski definition) is 7. The summed E-state index contributed by atoms with van der Waals surface area (Å²) in [5.41, 5.74) is 0.549. The van der Waals surface area contributed by atoms with Crippen molar-refractivity contribution in [1.29, 1.82) is 0 Å². The number of hydrogen-bond donors (Lipinski definition) is 3. The second-order valence-electron chi connectivity index (χ2n) is 4.16. The highest BCUT2D eigenvalue weighted by atomic mass is 32.2. The lowest BCUT2D eigenvalue weighted by Gasteiger charge is -2.39. The van der Waals surface area contributed by atoms with Crippen LogP contribution < -0.4 is 11.2 Å². The van der Waals surface area contributed by atoms with Gasteiger partial charge in [-0.1, -0.05) is 18.3 Å². The predicted molar refractivity (Wildman–Crippen MR) is 66.4 cm³/mol. The molecule has 2 heterocycles. The van der Waals surface area contributed by atoms with Crippen LogP contribution in [0, 0.1) is 0 Å². The summed E-state index contributed by atoms with van der Waals surface area (Å²) in [5.74, 6) is 5.25. The van der Waals surface area contributed by atoms with E-state index >= 15 is 0 Å². The smallest absolute Gasteiger partial charge is 0.159 e. The van der Waals surface area contributed by atoms with E-state index in [9.17, 15) is 5.11 Å². The molecule has 0 spiro atoms. The first-order chi connectivity index (χ1) is 8.08. The number of fused-ring (bicyclic) bond motifs is 1. The van der Waals surface area contributed by atoms with Crippen LogP contribution in [0.2, 0.25) is 0 Å². The van der Waals surface area contributed by atoms with Gasteiger partial charge in [0.25, 0.3) is 0 Å². The number of nitrogens with two attached hydrogens (primary N) is 1. The van der Waals surface area contributed by atoms with Crippen molar-refractivity contribution in [2.45, 2.75) is 36.7 Å². The lowest BCUT2D eigenvalue weighted by atomic mass is 9.94. The fourth-order valence-corrected chi connectivity index (χ4v) is 3.09. The second-order valence-corrected chi connectivity index (χ2v) is 5.24. The molecular formula is C10H17N3O3S. The summed E-state index contributed by atoms with van der Waals surface area (Å²) in [4.78, 5) is 9.25. The van der Waals surface area contributed by atoms with Crippen LogP contribution in [-0.4, -0.2) is 47.1 Å². The summed E-state index contributed by atoms with van der Waals surface area (Å²) >= 11 is 1.47. The highest BCUT2D eigenvalue weighted by Crippen LogP contribution is 2.37. The number of nitrogens with one attached hydrogen (secondary N) is 1. The van der Waals surface area contributed by atoms with E-state index in [1.165, 1.54) is 11.8 Å². The molecule has 0 bridgehead atoms. The first kappa shape index (κ1) is 12.8. The van der Waals surface area contributed by atoms with Crippen LogP contribution in [0.5, 0.6) is 0 Å². The Morgan fingerprint density at radius 1 is 1.71 bits per heavy atom. The molecule has 2 aliphatic heterocycles. The molecule has 0 aliphatic carbocycles. The fourth-order valence-electron chi connectivity index (χ4n) is 2.03. The standard InChI is InChI=1S/C10H17N3O3S/c1-4(2)7-6(14)8(16-11)5-9(15-7)17-10(12-3)13-5/h5-9,14H,1,11H2,2-3H3,(H,12,13)/t5-,6-,7-,8-,9-/m1/s1. The molecule has 0 aromatic carbocycles. The Morgan fingerprint density at radius 2 is 2.41 bits per heavy atom. The normalized spacial score (nSPS) is 40.7. The molecule has 96 valence electrons. The molecule has 0 amide bonds. The van der Waals surface area contributed by atoms with Gasteiger partial charge in [0, 0.05) is 7.05 Å².